The number of rotatable bonds is 16. The molecular weight excluding hydrogens is 693 g/mol. The van der Waals surface area contributed by atoms with E-state index in [-0.39, 0.29) is 23.8 Å². The number of benzene rings is 3. The van der Waals surface area contributed by atoms with E-state index in [1.165, 1.54) is 0 Å². The first-order valence-electron chi connectivity index (χ1n) is 16.5. The normalized spacial score (nSPS) is 10.8. The number of aromatic nitrogens is 2. The Morgan fingerprint density at radius 2 is 0.769 bits per heavy atom. The van der Waals surface area contributed by atoms with Gasteiger partial charge in [0.05, 0.1) is 11.4 Å². The Morgan fingerprint density at radius 1 is 0.442 bits per heavy atom. The molecular formula is C36H44N14S2. The predicted octanol–water partition coefficient (Wildman–Crippen LogP) is 2.53. The second-order valence-electron chi connectivity index (χ2n) is 12.0. The molecule has 0 saturated carbocycles. The molecule has 2 heterocycles. The van der Waals surface area contributed by atoms with Gasteiger partial charge in [-0.2, -0.15) is 0 Å². The number of hydrogen-bond acceptors (Lipinski definition) is 8. The Kier molecular flexibility index (Phi) is 12.7. The third-order valence-corrected chi connectivity index (χ3v) is 9.62. The van der Waals surface area contributed by atoms with Crippen LogP contribution in [0.5, 0.6) is 0 Å². The second kappa shape index (κ2) is 17.8. The molecule has 5 aromatic rings. The van der Waals surface area contributed by atoms with Crippen molar-refractivity contribution in [2.75, 3.05) is 26.2 Å². The van der Waals surface area contributed by atoms with Gasteiger partial charge in [0.25, 0.3) is 0 Å². The predicted molar refractivity (Wildman–Crippen MR) is 217 cm³/mol. The monoisotopic (exact) mass is 736 g/mol. The zero-order valence-corrected chi connectivity index (χ0v) is 30.3. The van der Waals surface area contributed by atoms with E-state index in [1.54, 1.807) is 22.7 Å². The molecule has 0 aliphatic rings. The number of nitrogens with two attached hydrogens (primary N) is 8. The molecule has 270 valence electrons. The molecule has 3 aromatic carbocycles. The zero-order chi connectivity index (χ0) is 37.0. The van der Waals surface area contributed by atoms with Crippen molar-refractivity contribution in [3.8, 4) is 43.7 Å². The molecule has 52 heavy (non-hydrogen) atoms. The van der Waals surface area contributed by atoms with Crippen molar-refractivity contribution in [2.24, 2.45) is 65.8 Å². The molecule has 14 nitrogen and oxygen atoms in total. The van der Waals surface area contributed by atoms with Gasteiger partial charge in [0.15, 0.2) is 23.8 Å². The SMILES string of the molecule is NC(N)=NCCc1cc(CCN=C(N)N)cc(-c2csc(-c3cccc(-c4nc(-c5cc(CCN=C(N)N)cc(CCN=C(N)N)c5)cs4)c3)n2)c1. The molecule has 0 fully saturated rings. The molecule has 0 amide bonds. The van der Waals surface area contributed by atoms with Crippen molar-refractivity contribution in [1.82, 2.24) is 9.97 Å². The Morgan fingerprint density at radius 3 is 1.08 bits per heavy atom. The second-order valence-corrected chi connectivity index (χ2v) is 13.7. The fourth-order valence-electron chi connectivity index (χ4n) is 5.52. The lowest BCUT2D eigenvalue weighted by Crippen LogP contribution is -2.23. The van der Waals surface area contributed by atoms with Crippen molar-refractivity contribution >= 4 is 46.5 Å². The highest BCUT2D eigenvalue weighted by atomic mass is 32.1. The van der Waals surface area contributed by atoms with Crippen LogP contribution < -0.4 is 45.9 Å². The van der Waals surface area contributed by atoms with E-state index in [0.717, 1.165) is 65.9 Å². The average Bonchev–Trinajstić information content (AvgIpc) is 3.79. The quantitative estimate of drug-likeness (QED) is 0.0541. The van der Waals surface area contributed by atoms with Crippen molar-refractivity contribution < 1.29 is 0 Å². The molecule has 0 aliphatic carbocycles. The van der Waals surface area contributed by atoms with Crippen LogP contribution in [0.1, 0.15) is 22.3 Å². The summed E-state index contributed by atoms with van der Waals surface area (Å²) in [5.41, 5.74) is 54.5. The minimum atomic E-state index is 0.0693. The van der Waals surface area contributed by atoms with E-state index in [1.807, 2.05) is 6.07 Å². The Balaban J connectivity index is 1.39. The van der Waals surface area contributed by atoms with Crippen LogP contribution in [0.15, 0.2) is 91.4 Å². The van der Waals surface area contributed by atoms with E-state index in [4.69, 9.17) is 55.8 Å². The largest absolute Gasteiger partial charge is 0.370 e. The van der Waals surface area contributed by atoms with Gasteiger partial charge in [0.1, 0.15) is 10.0 Å². The number of aliphatic imine (C=N–C) groups is 4. The first kappa shape index (κ1) is 37.3. The van der Waals surface area contributed by atoms with Gasteiger partial charge in [0.2, 0.25) is 0 Å². The lowest BCUT2D eigenvalue weighted by Gasteiger charge is -2.08. The molecule has 16 N–H and O–H groups in total. The average molecular weight is 737 g/mol. The Bertz CT molecular complexity index is 1870. The molecule has 0 unspecified atom stereocenters. The molecule has 5 rings (SSSR count). The molecule has 0 spiro atoms. The molecule has 16 heteroatoms. The minimum absolute atomic E-state index is 0.0693. The van der Waals surface area contributed by atoms with Gasteiger partial charge in [-0.15, -0.1) is 22.7 Å². The smallest absolute Gasteiger partial charge is 0.185 e. The minimum Gasteiger partial charge on any atom is -0.370 e. The number of nitrogens with zero attached hydrogens (tertiary/aromatic N) is 6. The van der Waals surface area contributed by atoms with Gasteiger partial charge in [0, 0.05) is 59.2 Å². The van der Waals surface area contributed by atoms with Crippen molar-refractivity contribution in [2.45, 2.75) is 25.7 Å². The van der Waals surface area contributed by atoms with Crippen molar-refractivity contribution in [1.29, 1.82) is 0 Å². The van der Waals surface area contributed by atoms with Gasteiger partial charge in [-0.3, -0.25) is 20.0 Å². The molecule has 2 aromatic heterocycles. The highest BCUT2D eigenvalue weighted by Crippen LogP contribution is 2.35. The van der Waals surface area contributed by atoms with E-state index in [0.29, 0.717) is 51.9 Å². The van der Waals surface area contributed by atoms with Crippen molar-refractivity contribution in [3.05, 3.63) is 93.7 Å². The van der Waals surface area contributed by atoms with E-state index < -0.39 is 0 Å². The highest BCUT2D eigenvalue weighted by molar-refractivity contribution is 7.14. The van der Waals surface area contributed by atoms with Gasteiger partial charge < -0.3 is 45.9 Å². The van der Waals surface area contributed by atoms with Crippen LogP contribution in [-0.4, -0.2) is 60.0 Å². The summed E-state index contributed by atoms with van der Waals surface area (Å²) < 4.78 is 0. The summed E-state index contributed by atoms with van der Waals surface area (Å²) in [5.74, 6) is 0.277. The van der Waals surface area contributed by atoms with Crippen LogP contribution in [-0.2, 0) is 25.7 Å². The Hall–Kier alpha value is -6.00. The molecule has 0 radical (unpaired) electrons. The molecule has 0 bridgehead atoms. The summed E-state index contributed by atoms with van der Waals surface area (Å²) in [6, 6.07) is 21.1. The zero-order valence-electron chi connectivity index (χ0n) is 28.7. The number of hydrogen-bond donors (Lipinski definition) is 8. The summed E-state index contributed by atoms with van der Waals surface area (Å²) >= 11 is 3.18. The third kappa shape index (κ3) is 11.0. The maximum absolute atomic E-state index is 5.55. The van der Waals surface area contributed by atoms with Crippen LogP contribution in [0.25, 0.3) is 43.7 Å². The van der Waals surface area contributed by atoms with Crippen LogP contribution in [0.2, 0.25) is 0 Å². The van der Waals surface area contributed by atoms with Gasteiger partial charge in [-0.25, -0.2) is 9.97 Å². The van der Waals surface area contributed by atoms with Gasteiger partial charge in [-0.05, 0) is 78.3 Å². The van der Waals surface area contributed by atoms with Gasteiger partial charge in [-0.1, -0.05) is 30.3 Å². The van der Waals surface area contributed by atoms with E-state index in [2.05, 4.69) is 85.3 Å². The van der Waals surface area contributed by atoms with Crippen LogP contribution in [0, 0.1) is 0 Å². The summed E-state index contributed by atoms with van der Waals surface area (Å²) in [5, 5.41) is 5.95. The lowest BCUT2D eigenvalue weighted by molar-refractivity contribution is 0.935. The van der Waals surface area contributed by atoms with E-state index >= 15 is 0 Å². The summed E-state index contributed by atoms with van der Waals surface area (Å²) in [4.78, 5) is 26.7. The number of guanidine groups is 4. The maximum Gasteiger partial charge on any atom is 0.185 e. The molecule has 0 saturated heterocycles. The van der Waals surface area contributed by atoms with E-state index in [9.17, 15) is 0 Å². The molecule has 0 aliphatic heterocycles. The summed E-state index contributed by atoms with van der Waals surface area (Å²) in [7, 11) is 0. The standard InChI is InChI=1S/C36H44N14S2/c37-33(38)45-8-4-21-12-22(5-9-46-34(39)40)15-27(14-21)29-19-51-31(49-29)25-2-1-3-26(18-25)32-50-30(20-52-32)28-16-23(6-10-47-35(41)42)13-24(17-28)7-11-48-36(43)44/h1-3,12-20H,4-11H2,(H4,37,38,45)(H4,39,40,46)(H4,41,42,47)(H4,43,44,48). The maximum atomic E-state index is 5.55. The lowest BCUT2D eigenvalue weighted by atomic mass is 10.00. The van der Waals surface area contributed by atoms with Gasteiger partial charge >= 0.3 is 0 Å². The topological polar surface area (TPSA) is 283 Å². The first-order valence-corrected chi connectivity index (χ1v) is 18.3. The van der Waals surface area contributed by atoms with Crippen LogP contribution in [0.3, 0.4) is 0 Å². The fourth-order valence-corrected chi connectivity index (χ4v) is 7.17. The fraction of sp³-hybridized carbons (Fsp3) is 0.222. The summed E-state index contributed by atoms with van der Waals surface area (Å²) in [6.45, 7) is 1.94. The Labute approximate surface area is 310 Å². The first-order chi connectivity index (χ1) is 25.0. The summed E-state index contributed by atoms with van der Waals surface area (Å²) in [6.07, 6.45) is 2.71. The highest BCUT2D eigenvalue weighted by Gasteiger charge is 2.13. The molecule has 0 atom stereocenters. The van der Waals surface area contributed by atoms with Crippen LogP contribution in [0.4, 0.5) is 0 Å². The van der Waals surface area contributed by atoms with Crippen LogP contribution >= 0.6 is 22.7 Å². The third-order valence-electron chi connectivity index (χ3n) is 7.84. The number of thiazole rings is 2. The van der Waals surface area contributed by atoms with Crippen molar-refractivity contribution in [3.63, 3.8) is 0 Å².